The van der Waals surface area contributed by atoms with E-state index < -0.39 is 0 Å². The molecule has 0 saturated carbocycles. The van der Waals surface area contributed by atoms with Gasteiger partial charge in [0.25, 0.3) is 0 Å². The molecule has 0 saturated heterocycles. The second-order valence-electron chi connectivity index (χ2n) is 14.0. The van der Waals surface area contributed by atoms with Crippen LogP contribution in [0.2, 0.25) is 0 Å². The number of benzene rings is 8. The van der Waals surface area contributed by atoms with Gasteiger partial charge in [0.2, 0.25) is 0 Å². The van der Waals surface area contributed by atoms with E-state index >= 15 is 0 Å². The maximum atomic E-state index is 6.22. The molecule has 0 radical (unpaired) electrons. The molecule has 252 valence electrons. The fourth-order valence-corrected chi connectivity index (χ4v) is 8.66. The summed E-state index contributed by atoms with van der Waals surface area (Å²) in [5.41, 5.74) is 12.9. The molecule has 12 rings (SSSR count). The monoisotopic (exact) mass is 690 g/mol. The highest BCUT2D eigenvalue weighted by molar-refractivity contribution is 6.19. The summed E-state index contributed by atoms with van der Waals surface area (Å²) < 4.78 is 13.3. The van der Waals surface area contributed by atoms with E-state index in [1.807, 2.05) is 24.3 Å². The molecule has 0 aliphatic heterocycles. The number of imidazole rings is 1. The second-order valence-corrected chi connectivity index (χ2v) is 14.0. The van der Waals surface area contributed by atoms with Gasteiger partial charge in [0.05, 0.1) is 33.1 Å². The lowest BCUT2D eigenvalue weighted by molar-refractivity contribution is 0.669. The molecule has 5 nitrogen and oxygen atoms in total. The molecule has 0 bridgehead atoms. The lowest BCUT2D eigenvalue weighted by Gasteiger charge is -2.13. The Morgan fingerprint density at radius 3 is 1.59 bits per heavy atom. The van der Waals surface area contributed by atoms with E-state index in [1.54, 1.807) is 0 Å². The van der Waals surface area contributed by atoms with Gasteiger partial charge in [0.15, 0.2) is 0 Å². The highest BCUT2D eigenvalue weighted by Gasteiger charge is 2.20. The Morgan fingerprint density at radius 1 is 0.333 bits per heavy atom. The molecule has 4 heterocycles. The molecule has 0 aliphatic carbocycles. The molecule has 0 atom stereocenters. The first-order valence-electron chi connectivity index (χ1n) is 18.3. The molecule has 0 unspecified atom stereocenters. The van der Waals surface area contributed by atoms with Crippen LogP contribution < -0.4 is 0 Å². The summed E-state index contributed by atoms with van der Waals surface area (Å²) in [6.07, 6.45) is 0. The summed E-state index contributed by atoms with van der Waals surface area (Å²) in [5, 5.41) is 7.16. The zero-order valence-corrected chi connectivity index (χ0v) is 29.0. The third kappa shape index (κ3) is 4.12. The van der Waals surface area contributed by atoms with Crippen molar-refractivity contribution in [2.45, 2.75) is 0 Å². The molecule has 0 aliphatic rings. The Kier molecular flexibility index (Phi) is 5.99. The molecule has 12 aromatic rings. The van der Waals surface area contributed by atoms with Crippen LogP contribution in [0.15, 0.2) is 186 Å². The Morgan fingerprint density at radius 2 is 0.870 bits per heavy atom. The van der Waals surface area contributed by atoms with Gasteiger partial charge in [0, 0.05) is 54.9 Å². The van der Waals surface area contributed by atoms with Crippen molar-refractivity contribution in [3.63, 3.8) is 0 Å². The number of fused-ring (bicyclic) bond motifs is 10. The highest BCUT2D eigenvalue weighted by Crippen LogP contribution is 2.41. The van der Waals surface area contributed by atoms with Crippen LogP contribution in [-0.2, 0) is 0 Å². The lowest BCUT2D eigenvalue weighted by atomic mass is 10.1. The topological polar surface area (TPSA) is 40.8 Å². The van der Waals surface area contributed by atoms with Crippen molar-refractivity contribution < 1.29 is 4.42 Å². The summed E-state index contributed by atoms with van der Waals surface area (Å²) >= 11 is 0. The molecule has 54 heavy (non-hydrogen) atoms. The molecule has 0 N–H and O–H groups in total. The van der Waals surface area contributed by atoms with Gasteiger partial charge in [-0.25, -0.2) is 4.98 Å². The Balaban J connectivity index is 1.09. The van der Waals surface area contributed by atoms with E-state index in [1.165, 1.54) is 32.6 Å². The van der Waals surface area contributed by atoms with Crippen LogP contribution in [-0.4, -0.2) is 18.7 Å². The van der Waals surface area contributed by atoms with Gasteiger partial charge in [-0.05, 0) is 84.9 Å². The van der Waals surface area contributed by atoms with E-state index in [9.17, 15) is 0 Å². The Labute approximate surface area is 309 Å². The van der Waals surface area contributed by atoms with Crippen molar-refractivity contribution in [2.24, 2.45) is 0 Å². The minimum Gasteiger partial charge on any atom is -0.456 e. The van der Waals surface area contributed by atoms with Gasteiger partial charge in [-0.15, -0.1) is 0 Å². The summed E-state index contributed by atoms with van der Waals surface area (Å²) in [5.74, 6) is 0.929. The number of rotatable bonds is 4. The largest absolute Gasteiger partial charge is 0.456 e. The molecular formula is C49H30N4O. The van der Waals surface area contributed by atoms with Crippen LogP contribution in [0.5, 0.6) is 0 Å². The first-order valence-corrected chi connectivity index (χ1v) is 18.3. The number of hydrogen-bond acceptors (Lipinski definition) is 2. The quantitative estimate of drug-likeness (QED) is 0.184. The van der Waals surface area contributed by atoms with E-state index in [0.29, 0.717) is 0 Å². The maximum absolute atomic E-state index is 6.22. The zero-order valence-electron chi connectivity index (χ0n) is 29.0. The standard InChI is InChI=1S/C49H30N4O/c1-2-12-31(13-3-1)49-50-41-17-7-10-20-44(41)53(49)33-24-22-32(23-25-33)51-42-18-8-4-14-35(42)38-29-39-36-15-5-9-19-43(36)52(46(39)30-45(38)51)34-26-27-48-40(28-34)37-16-6-11-21-47(37)54-48/h1-30H. The van der Waals surface area contributed by atoms with Crippen LogP contribution in [0.1, 0.15) is 0 Å². The van der Waals surface area contributed by atoms with E-state index in [4.69, 9.17) is 9.40 Å². The third-order valence-electron chi connectivity index (χ3n) is 11.0. The van der Waals surface area contributed by atoms with Crippen molar-refractivity contribution in [3.8, 4) is 28.5 Å². The van der Waals surface area contributed by atoms with Crippen LogP contribution in [0, 0.1) is 0 Å². The molecule has 5 heteroatoms. The lowest BCUT2D eigenvalue weighted by Crippen LogP contribution is -1.99. The van der Waals surface area contributed by atoms with Crippen molar-refractivity contribution in [2.75, 3.05) is 0 Å². The molecule has 8 aromatic carbocycles. The molecule has 0 amide bonds. The van der Waals surface area contributed by atoms with Gasteiger partial charge in [-0.2, -0.15) is 0 Å². The van der Waals surface area contributed by atoms with Crippen molar-refractivity contribution in [3.05, 3.63) is 182 Å². The Bertz CT molecular complexity index is 3430. The summed E-state index contributed by atoms with van der Waals surface area (Å²) in [7, 11) is 0. The minimum atomic E-state index is 0.895. The molecule has 4 aromatic heterocycles. The minimum absolute atomic E-state index is 0.895. The van der Waals surface area contributed by atoms with Gasteiger partial charge in [-0.3, -0.25) is 4.57 Å². The summed E-state index contributed by atoms with van der Waals surface area (Å²) in [6, 6.07) is 64.8. The average molecular weight is 691 g/mol. The van der Waals surface area contributed by atoms with E-state index in [2.05, 4.69) is 171 Å². The first-order chi connectivity index (χ1) is 26.8. The molecule has 0 spiro atoms. The smallest absolute Gasteiger partial charge is 0.145 e. The molecule has 0 fully saturated rings. The first kappa shape index (κ1) is 29.2. The fraction of sp³-hybridized carbons (Fsp3) is 0. The fourth-order valence-electron chi connectivity index (χ4n) is 8.66. The number of aromatic nitrogens is 4. The Hall–Kier alpha value is -7.37. The summed E-state index contributed by atoms with van der Waals surface area (Å²) in [4.78, 5) is 5.07. The predicted molar refractivity (Wildman–Crippen MR) is 222 cm³/mol. The normalized spacial score (nSPS) is 12.1. The van der Waals surface area contributed by atoms with Gasteiger partial charge < -0.3 is 13.6 Å². The number of para-hydroxylation sites is 5. The van der Waals surface area contributed by atoms with Crippen LogP contribution in [0.25, 0.3) is 105 Å². The number of nitrogens with zero attached hydrogens (tertiary/aromatic N) is 4. The average Bonchev–Trinajstić information content (AvgIpc) is 3.98. The van der Waals surface area contributed by atoms with Crippen molar-refractivity contribution in [1.82, 2.24) is 18.7 Å². The number of hydrogen-bond donors (Lipinski definition) is 0. The van der Waals surface area contributed by atoms with Crippen LogP contribution in [0.4, 0.5) is 0 Å². The second kappa shape index (κ2) is 11.1. The summed E-state index contributed by atoms with van der Waals surface area (Å²) in [6.45, 7) is 0. The van der Waals surface area contributed by atoms with Gasteiger partial charge in [-0.1, -0.05) is 97.1 Å². The van der Waals surface area contributed by atoms with Crippen LogP contribution in [0.3, 0.4) is 0 Å². The van der Waals surface area contributed by atoms with Gasteiger partial charge >= 0.3 is 0 Å². The zero-order chi connectivity index (χ0) is 35.3. The molecular weight excluding hydrogens is 661 g/mol. The van der Waals surface area contributed by atoms with E-state index in [0.717, 1.165) is 72.5 Å². The third-order valence-corrected chi connectivity index (χ3v) is 11.0. The highest BCUT2D eigenvalue weighted by atomic mass is 16.3. The van der Waals surface area contributed by atoms with Crippen LogP contribution >= 0.6 is 0 Å². The van der Waals surface area contributed by atoms with Gasteiger partial charge in [0.1, 0.15) is 17.0 Å². The van der Waals surface area contributed by atoms with Crippen molar-refractivity contribution in [1.29, 1.82) is 0 Å². The van der Waals surface area contributed by atoms with Crippen molar-refractivity contribution >= 4 is 76.6 Å². The number of furan rings is 1. The predicted octanol–water partition coefficient (Wildman–Crippen LogP) is 12.8. The van der Waals surface area contributed by atoms with E-state index in [-0.39, 0.29) is 0 Å². The SMILES string of the molecule is c1ccc(-c2nc3ccccc3n2-c2ccc(-n3c4ccccc4c4cc5c6ccccc6n(-c6ccc7oc8ccccc8c7c6)c5cc43)cc2)cc1. The maximum Gasteiger partial charge on any atom is 0.145 e.